The van der Waals surface area contributed by atoms with E-state index in [0.717, 1.165) is 10.2 Å². The summed E-state index contributed by atoms with van der Waals surface area (Å²) >= 11 is 0. The smallest absolute Gasteiger partial charge is 0.186 e. The monoisotopic (exact) mass is 371 g/mol. The first kappa shape index (κ1) is 18.8. The molecule has 1 aliphatic heterocycles. The molecule has 2 aromatic heterocycles. The molecule has 9 heteroatoms. The fourth-order valence-corrected chi connectivity index (χ4v) is 3.12. The molecule has 0 aliphatic carbocycles. The van der Waals surface area contributed by atoms with Crippen LogP contribution in [0.1, 0.15) is 26.3 Å². The van der Waals surface area contributed by atoms with Crippen molar-refractivity contribution in [2.45, 2.75) is 32.2 Å². The lowest BCUT2D eigenvalue weighted by atomic mass is 9.85. The zero-order chi connectivity index (χ0) is 19.8. The van der Waals surface area contributed by atoms with Crippen molar-refractivity contribution in [2.24, 2.45) is 5.73 Å². The lowest BCUT2D eigenvalue weighted by Crippen LogP contribution is -2.44. The third kappa shape index (κ3) is 3.24. The predicted octanol–water partition coefficient (Wildman–Crippen LogP) is 2.05. The Bertz CT molecular complexity index is 957. The van der Waals surface area contributed by atoms with Crippen molar-refractivity contribution in [2.75, 3.05) is 24.7 Å². The quantitative estimate of drug-likeness (QED) is 0.630. The number of nitriles is 1. The molecule has 0 amide bonds. The summed E-state index contributed by atoms with van der Waals surface area (Å²) in [5.41, 5.74) is 5.42. The fraction of sp³-hybridized carbons (Fsp3) is 0.444. The van der Waals surface area contributed by atoms with Gasteiger partial charge in [0.2, 0.25) is 0 Å². The minimum Gasteiger partial charge on any atom is -0.402 e. The van der Waals surface area contributed by atoms with Gasteiger partial charge in [0.1, 0.15) is 5.82 Å². The molecule has 3 rings (SSSR count). The maximum Gasteiger partial charge on any atom is 0.186 e. The predicted molar refractivity (Wildman–Crippen MR) is 100 cm³/mol. The number of hydrogen-bond donors (Lipinski definition) is 2. The highest BCUT2D eigenvalue weighted by molar-refractivity contribution is 6.00. The molecule has 3 N–H and O–H groups in total. The first-order valence-corrected chi connectivity index (χ1v) is 8.61. The Balaban J connectivity index is 2.26. The van der Waals surface area contributed by atoms with Crippen molar-refractivity contribution in [3.8, 4) is 6.07 Å². The summed E-state index contributed by atoms with van der Waals surface area (Å²) in [6.45, 7) is 7.41. The van der Waals surface area contributed by atoms with Crippen LogP contribution < -0.4 is 10.6 Å². The van der Waals surface area contributed by atoms with E-state index in [0.29, 0.717) is 42.8 Å². The Morgan fingerprint density at radius 3 is 2.93 bits per heavy atom. The van der Waals surface area contributed by atoms with Crippen LogP contribution in [0.15, 0.2) is 24.3 Å². The van der Waals surface area contributed by atoms with Gasteiger partial charge in [0, 0.05) is 18.1 Å². The normalized spacial score (nSPS) is 18.6. The van der Waals surface area contributed by atoms with E-state index in [1.165, 1.54) is 6.20 Å². The summed E-state index contributed by atoms with van der Waals surface area (Å²) in [6.07, 6.45) is 2.21. The zero-order valence-corrected chi connectivity index (χ0v) is 15.5. The highest BCUT2D eigenvalue weighted by Gasteiger charge is 2.29. The second-order valence-corrected chi connectivity index (χ2v) is 7.04. The molecule has 0 spiro atoms. The second kappa shape index (κ2) is 6.96. The Morgan fingerprint density at radius 1 is 1.56 bits per heavy atom. The van der Waals surface area contributed by atoms with Gasteiger partial charge >= 0.3 is 0 Å². The number of aromatic nitrogens is 3. The van der Waals surface area contributed by atoms with E-state index in [1.54, 1.807) is 13.8 Å². The molecule has 8 nitrogen and oxygen atoms in total. The van der Waals surface area contributed by atoms with Crippen molar-refractivity contribution >= 4 is 22.7 Å². The molecule has 3 heterocycles. The summed E-state index contributed by atoms with van der Waals surface area (Å²) in [6, 6.07) is 4.27. The van der Waals surface area contributed by atoms with Crippen molar-refractivity contribution in [3.05, 3.63) is 29.9 Å². The van der Waals surface area contributed by atoms with E-state index in [2.05, 4.69) is 21.1 Å². The summed E-state index contributed by atoms with van der Waals surface area (Å²) in [4.78, 5) is 6.72. The molecule has 1 saturated heterocycles. The van der Waals surface area contributed by atoms with Crippen LogP contribution in [-0.4, -0.2) is 46.4 Å². The number of anilines is 1. The van der Waals surface area contributed by atoms with Crippen molar-refractivity contribution < 1.29 is 9.13 Å². The van der Waals surface area contributed by atoms with Crippen molar-refractivity contribution in [3.63, 3.8) is 0 Å². The number of allylic oxidation sites excluding steroid dienone is 1. The molecular formula is C18H22FN7O. The lowest BCUT2D eigenvalue weighted by Gasteiger charge is -2.35. The molecular weight excluding hydrogens is 349 g/mol. The highest BCUT2D eigenvalue weighted by atomic mass is 19.1. The third-order valence-electron chi connectivity index (χ3n) is 4.73. The average Bonchev–Trinajstić information content (AvgIpc) is 3.10. The van der Waals surface area contributed by atoms with E-state index in [1.807, 2.05) is 13.0 Å². The van der Waals surface area contributed by atoms with Crippen LogP contribution >= 0.6 is 0 Å². The van der Waals surface area contributed by atoms with E-state index >= 15 is 0 Å². The number of nitrogens with two attached hydrogens (primary N) is 1. The van der Waals surface area contributed by atoms with Crippen LogP contribution in [0.25, 0.3) is 11.0 Å². The number of rotatable bonds is 3. The number of fused-ring (bicyclic) bond motifs is 1. The molecule has 1 atom stereocenters. The average molecular weight is 371 g/mol. The number of ether oxygens (including phenoxy) is 1. The number of halogens is 1. The summed E-state index contributed by atoms with van der Waals surface area (Å²) in [5, 5.41) is 22.4. The standard InChI is InChI=1S/C18H22FN7O/c1-11-9-27-5-4-25(11)15-6-13(18(2,3)10-21)12-8-23-26(17(12)24-15)16(22)14(19)7-20/h6-8,11,22H,4-5,9,20H2,1-3H3/b14-7+,22-16?/t11-/m1/s1. The lowest BCUT2D eigenvalue weighted by molar-refractivity contribution is 0.0985. The van der Waals surface area contributed by atoms with Crippen LogP contribution in [0.5, 0.6) is 0 Å². The van der Waals surface area contributed by atoms with Gasteiger partial charge in [0.25, 0.3) is 0 Å². The highest BCUT2D eigenvalue weighted by Crippen LogP contribution is 2.33. The van der Waals surface area contributed by atoms with Crippen LogP contribution in [0.4, 0.5) is 10.2 Å². The number of nitrogens with one attached hydrogen (secondary N) is 1. The second-order valence-electron chi connectivity index (χ2n) is 7.04. The van der Waals surface area contributed by atoms with Gasteiger partial charge in [-0.25, -0.2) is 9.37 Å². The molecule has 0 radical (unpaired) electrons. The molecule has 2 aromatic rings. The van der Waals surface area contributed by atoms with Gasteiger partial charge in [0.15, 0.2) is 17.3 Å². The van der Waals surface area contributed by atoms with Crippen LogP contribution in [0.3, 0.4) is 0 Å². The Labute approximate surface area is 156 Å². The summed E-state index contributed by atoms with van der Waals surface area (Å²) < 4.78 is 20.5. The van der Waals surface area contributed by atoms with Crippen molar-refractivity contribution in [1.82, 2.24) is 14.8 Å². The number of morpholine rings is 1. The maximum absolute atomic E-state index is 13.9. The van der Waals surface area contributed by atoms with Gasteiger partial charge in [0.05, 0.1) is 36.9 Å². The van der Waals surface area contributed by atoms with E-state index in [-0.39, 0.29) is 6.04 Å². The molecule has 0 bridgehead atoms. The minimum absolute atomic E-state index is 0.0956. The zero-order valence-electron chi connectivity index (χ0n) is 15.5. The fourth-order valence-electron chi connectivity index (χ4n) is 3.12. The Kier molecular flexibility index (Phi) is 4.85. The summed E-state index contributed by atoms with van der Waals surface area (Å²) in [5.74, 6) is -0.774. The first-order chi connectivity index (χ1) is 12.8. The van der Waals surface area contributed by atoms with E-state index in [4.69, 9.17) is 15.9 Å². The minimum atomic E-state index is -0.909. The van der Waals surface area contributed by atoms with E-state index < -0.39 is 17.1 Å². The topological polar surface area (TPSA) is 117 Å². The van der Waals surface area contributed by atoms with E-state index in [9.17, 15) is 9.65 Å². The molecule has 27 heavy (non-hydrogen) atoms. The van der Waals surface area contributed by atoms with Gasteiger partial charge in [-0.2, -0.15) is 15.0 Å². The maximum atomic E-state index is 13.9. The Hall–Kier alpha value is -2.99. The Morgan fingerprint density at radius 2 is 2.30 bits per heavy atom. The number of hydrogen-bond acceptors (Lipinski definition) is 7. The van der Waals surface area contributed by atoms with Crippen LogP contribution in [0, 0.1) is 16.7 Å². The number of pyridine rings is 1. The summed E-state index contributed by atoms with van der Waals surface area (Å²) in [7, 11) is 0. The molecule has 0 aromatic carbocycles. The van der Waals surface area contributed by atoms with Gasteiger partial charge in [-0.05, 0) is 32.4 Å². The largest absolute Gasteiger partial charge is 0.402 e. The number of nitrogens with zero attached hydrogens (tertiary/aromatic N) is 5. The van der Waals surface area contributed by atoms with Crippen LogP contribution in [-0.2, 0) is 10.2 Å². The molecule has 1 fully saturated rings. The SMILES string of the molecule is C[C@@H]1COCCN1c1cc(C(C)(C)C#N)c2cnn(C(=N)/C(F)=C\N)c2n1. The first-order valence-electron chi connectivity index (χ1n) is 8.61. The van der Waals surface area contributed by atoms with Crippen molar-refractivity contribution in [1.29, 1.82) is 10.7 Å². The molecule has 0 unspecified atom stereocenters. The third-order valence-corrected chi connectivity index (χ3v) is 4.73. The van der Waals surface area contributed by atoms with Gasteiger partial charge < -0.3 is 15.4 Å². The van der Waals surface area contributed by atoms with Gasteiger partial charge in [-0.15, -0.1) is 0 Å². The molecule has 142 valence electrons. The van der Waals surface area contributed by atoms with Gasteiger partial charge in [-0.3, -0.25) is 5.41 Å². The molecule has 1 aliphatic rings. The van der Waals surface area contributed by atoms with Crippen LogP contribution in [0.2, 0.25) is 0 Å². The molecule has 0 saturated carbocycles. The van der Waals surface area contributed by atoms with Gasteiger partial charge in [-0.1, -0.05) is 0 Å².